The SMILES string of the molecule is CC1CC[C@@H]2C(C1)OC(P(c1ccccc1)c1ccccc1)SC2(C)C. The van der Waals surface area contributed by atoms with E-state index >= 15 is 0 Å². The van der Waals surface area contributed by atoms with Crippen LogP contribution in [0.25, 0.3) is 0 Å². The summed E-state index contributed by atoms with van der Waals surface area (Å²) in [5.41, 5.74) is 0. The van der Waals surface area contributed by atoms with Gasteiger partial charge in [-0.15, -0.1) is 11.8 Å². The van der Waals surface area contributed by atoms with Gasteiger partial charge >= 0.3 is 0 Å². The first-order valence-corrected chi connectivity index (χ1v) is 12.1. The van der Waals surface area contributed by atoms with Gasteiger partial charge in [0, 0.05) is 4.75 Å². The maximum absolute atomic E-state index is 6.86. The predicted octanol–water partition coefficient (Wildman–Crippen LogP) is 5.75. The second-order valence-electron chi connectivity index (χ2n) is 8.27. The Kier molecular flexibility index (Phi) is 5.46. The summed E-state index contributed by atoms with van der Waals surface area (Å²) >= 11 is 2.08. The summed E-state index contributed by atoms with van der Waals surface area (Å²) < 4.78 is 7.13. The highest BCUT2D eigenvalue weighted by atomic mass is 32.2. The van der Waals surface area contributed by atoms with E-state index < -0.39 is 7.92 Å². The number of hydrogen-bond donors (Lipinski definition) is 0. The molecule has 4 atom stereocenters. The van der Waals surface area contributed by atoms with Gasteiger partial charge in [-0.3, -0.25) is 0 Å². The van der Waals surface area contributed by atoms with Crippen molar-refractivity contribution >= 4 is 30.3 Å². The van der Waals surface area contributed by atoms with Crippen molar-refractivity contribution in [1.82, 2.24) is 0 Å². The number of fused-ring (bicyclic) bond motifs is 1. The van der Waals surface area contributed by atoms with Gasteiger partial charge in [0.15, 0.2) is 0 Å². The second-order valence-corrected chi connectivity index (χ2v) is 12.6. The van der Waals surface area contributed by atoms with E-state index in [4.69, 9.17) is 4.74 Å². The van der Waals surface area contributed by atoms with Crippen LogP contribution >= 0.6 is 19.7 Å². The van der Waals surface area contributed by atoms with Gasteiger partial charge in [-0.1, -0.05) is 87.9 Å². The van der Waals surface area contributed by atoms with Crippen LogP contribution in [-0.4, -0.2) is 16.0 Å². The van der Waals surface area contributed by atoms with E-state index in [1.54, 1.807) is 0 Å². The van der Waals surface area contributed by atoms with Crippen molar-refractivity contribution in [3.8, 4) is 0 Å². The molecule has 1 aliphatic heterocycles. The predicted molar refractivity (Wildman–Crippen MR) is 116 cm³/mol. The molecule has 1 aliphatic carbocycles. The molecule has 0 N–H and O–H groups in total. The zero-order valence-electron chi connectivity index (χ0n) is 16.0. The molecule has 1 saturated heterocycles. The standard InChI is InChI=1S/C23H29OPS/c1-17-14-15-20-21(16-17)24-22(26-23(20,2)3)25(18-10-6-4-7-11-18)19-12-8-5-9-13-19/h4-13,17,20-22H,14-16H2,1-3H3/t17?,20-,21?,22?/m1/s1. The van der Waals surface area contributed by atoms with Crippen molar-refractivity contribution in [2.45, 2.75) is 56.1 Å². The molecule has 2 aliphatic rings. The van der Waals surface area contributed by atoms with Crippen LogP contribution in [0.3, 0.4) is 0 Å². The molecule has 1 saturated carbocycles. The Morgan fingerprint density at radius 2 is 1.50 bits per heavy atom. The van der Waals surface area contributed by atoms with Crippen LogP contribution in [0, 0.1) is 11.8 Å². The topological polar surface area (TPSA) is 9.23 Å². The zero-order chi connectivity index (χ0) is 18.1. The number of rotatable bonds is 3. The van der Waals surface area contributed by atoms with Crippen molar-refractivity contribution in [1.29, 1.82) is 0 Å². The van der Waals surface area contributed by atoms with Gasteiger partial charge in [0.2, 0.25) is 0 Å². The van der Waals surface area contributed by atoms with E-state index in [1.807, 2.05) is 0 Å². The van der Waals surface area contributed by atoms with Crippen LogP contribution in [0.4, 0.5) is 0 Å². The Balaban J connectivity index is 1.70. The Morgan fingerprint density at radius 3 is 2.08 bits per heavy atom. The highest BCUT2D eigenvalue weighted by Gasteiger charge is 2.48. The first-order valence-electron chi connectivity index (χ1n) is 9.77. The van der Waals surface area contributed by atoms with E-state index in [9.17, 15) is 0 Å². The number of ether oxygens (including phenoxy) is 1. The fraction of sp³-hybridized carbons (Fsp3) is 0.478. The third kappa shape index (κ3) is 3.75. The average molecular weight is 385 g/mol. The fourth-order valence-corrected chi connectivity index (χ4v) is 9.66. The van der Waals surface area contributed by atoms with E-state index in [1.165, 1.54) is 29.9 Å². The fourth-order valence-electron chi connectivity index (χ4n) is 4.48. The lowest BCUT2D eigenvalue weighted by atomic mass is 9.75. The summed E-state index contributed by atoms with van der Waals surface area (Å²) in [6.07, 6.45) is 4.30. The largest absolute Gasteiger partial charge is 0.359 e. The lowest BCUT2D eigenvalue weighted by molar-refractivity contribution is -0.0340. The minimum Gasteiger partial charge on any atom is -0.359 e. The van der Waals surface area contributed by atoms with Crippen molar-refractivity contribution in [2.75, 3.05) is 0 Å². The molecule has 1 heterocycles. The lowest BCUT2D eigenvalue weighted by Gasteiger charge is -2.51. The molecule has 0 bridgehead atoms. The van der Waals surface area contributed by atoms with Crippen LogP contribution in [0.1, 0.15) is 40.0 Å². The van der Waals surface area contributed by atoms with Gasteiger partial charge in [0.25, 0.3) is 0 Å². The zero-order valence-corrected chi connectivity index (χ0v) is 17.7. The molecule has 2 fully saturated rings. The molecule has 2 aromatic carbocycles. The second kappa shape index (κ2) is 7.66. The van der Waals surface area contributed by atoms with E-state index in [-0.39, 0.29) is 9.92 Å². The molecule has 3 heteroatoms. The van der Waals surface area contributed by atoms with E-state index in [0.717, 1.165) is 5.92 Å². The van der Waals surface area contributed by atoms with Gasteiger partial charge in [-0.2, -0.15) is 0 Å². The molecule has 0 aromatic heterocycles. The van der Waals surface area contributed by atoms with Crippen molar-refractivity contribution in [3.63, 3.8) is 0 Å². The minimum atomic E-state index is -0.533. The molecule has 0 amide bonds. The van der Waals surface area contributed by atoms with Crippen LogP contribution in [0.15, 0.2) is 60.7 Å². The van der Waals surface area contributed by atoms with Crippen molar-refractivity contribution < 1.29 is 4.74 Å². The molecule has 0 radical (unpaired) electrons. The molecular weight excluding hydrogens is 355 g/mol. The van der Waals surface area contributed by atoms with E-state index in [2.05, 4.69) is 93.2 Å². The molecule has 0 spiro atoms. The third-order valence-electron chi connectivity index (χ3n) is 5.92. The molecule has 1 nitrogen and oxygen atoms in total. The monoisotopic (exact) mass is 384 g/mol. The Hall–Kier alpha value is -0.820. The van der Waals surface area contributed by atoms with Crippen LogP contribution in [-0.2, 0) is 4.74 Å². The van der Waals surface area contributed by atoms with Gasteiger partial charge in [0.1, 0.15) is 5.18 Å². The number of benzene rings is 2. The molecule has 2 aromatic rings. The highest BCUT2D eigenvalue weighted by Crippen LogP contribution is 2.58. The Bertz CT molecular complexity index is 678. The maximum Gasteiger partial charge on any atom is 0.130 e. The summed E-state index contributed by atoms with van der Waals surface area (Å²) in [7, 11) is -0.533. The number of thioether (sulfide) groups is 1. The summed E-state index contributed by atoms with van der Waals surface area (Å²) in [4.78, 5) is 0. The highest BCUT2D eigenvalue weighted by molar-refractivity contribution is 8.08. The van der Waals surface area contributed by atoms with Gasteiger partial charge < -0.3 is 4.74 Å². The average Bonchev–Trinajstić information content (AvgIpc) is 2.63. The van der Waals surface area contributed by atoms with Gasteiger partial charge in [-0.25, -0.2) is 0 Å². The first kappa shape index (κ1) is 18.5. The van der Waals surface area contributed by atoms with Crippen molar-refractivity contribution in [2.24, 2.45) is 11.8 Å². The minimum absolute atomic E-state index is 0.233. The van der Waals surface area contributed by atoms with Crippen LogP contribution in [0.5, 0.6) is 0 Å². The van der Waals surface area contributed by atoms with Crippen molar-refractivity contribution in [3.05, 3.63) is 60.7 Å². The van der Waals surface area contributed by atoms with E-state index in [0.29, 0.717) is 12.0 Å². The molecule has 138 valence electrons. The summed E-state index contributed by atoms with van der Waals surface area (Å²) in [5.74, 6) is 1.47. The van der Waals surface area contributed by atoms with Gasteiger partial charge in [-0.05, 0) is 43.2 Å². The normalized spacial score (nSPS) is 30.8. The quantitative estimate of drug-likeness (QED) is 0.623. The smallest absolute Gasteiger partial charge is 0.130 e. The summed E-state index contributed by atoms with van der Waals surface area (Å²) in [6, 6.07) is 22.0. The van der Waals surface area contributed by atoms with Crippen LogP contribution < -0.4 is 10.6 Å². The van der Waals surface area contributed by atoms with Crippen LogP contribution in [0.2, 0.25) is 0 Å². The maximum atomic E-state index is 6.86. The Labute approximate surface area is 163 Å². The molecular formula is C23H29OPS. The van der Waals surface area contributed by atoms with Gasteiger partial charge in [0.05, 0.1) is 6.10 Å². The molecule has 4 rings (SSSR count). The number of hydrogen-bond acceptors (Lipinski definition) is 2. The third-order valence-corrected chi connectivity index (χ3v) is 10.3. The lowest BCUT2D eigenvalue weighted by Crippen LogP contribution is -2.49. The Morgan fingerprint density at radius 1 is 0.923 bits per heavy atom. The first-order chi connectivity index (χ1) is 12.5. The summed E-state index contributed by atoms with van der Waals surface area (Å²) in [6.45, 7) is 7.29. The summed E-state index contributed by atoms with van der Waals surface area (Å²) in [5, 5.41) is 3.07. The molecule has 26 heavy (non-hydrogen) atoms. The molecule has 3 unspecified atom stereocenters.